The van der Waals surface area contributed by atoms with E-state index in [2.05, 4.69) is 9.97 Å². The molecule has 1 aromatic heterocycles. The summed E-state index contributed by atoms with van der Waals surface area (Å²) in [7, 11) is 0. The van der Waals surface area contributed by atoms with Gasteiger partial charge >= 0.3 is 5.69 Å². The summed E-state index contributed by atoms with van der Waals surface area (Å²) in [5.41, 5.74) is 5.40. The number of aromatic nitrogens is 2. The van der Waals surface area contributed by atoms with E-state index in [0.29, 0.717) is 0 Å². The molecule has 0 saturated carbocycles. The number of nitro groups is 1. The molecule has 7 nitrogen and oxygen atoms in total. The van der Waals surface area contributed by atoms with Crippen LogP contribution in [0.1, 0.15) is 11.3 Å². The van der Waals surface area contributed by atoms with E-state index in [-0.39, 0.29) is 35.4 Å². The topological polar surface area (TPSA) is 104 Å². The van der Waals surface area contributed by atoms with Crippen molar-refractivity contribution in [3.63, 3.8) is 0 Å². The molecule has 0 radical (unpaired) electrons. The van der Waals surface area contributed by atoms with Crippen molar-refractivity contribution in [1.29, 1.82) is 0 Å². The highest BCUT2D eigenvalue weighted by molar-refractivity contribution is 5.47. The van der Waals surface area contributed by atoms with Crippen LogP contribution in [0.4, 0.5) is 16.0 Å². The summed E-state index contributed by atoms with van der Waals surface area (Å²) in [4.78, 5) is 17.7. The molecule has 20 heavy (non-hydrogen) atoms. The number of benzene rings is 1. The van der Waals surface area contributed by atoms with Crippen LogP contribution in [0.5, 0.6) is 5.88 Å². The van der Waals surface area contributed by atoms with Gasteiger partial charge in [-0.1, -0.05) is 18.2 Å². The monoisotopic (exact) mass is 278 g/mol. The van der Waals surface area contributed by atoms with Crippen molar-refractivity contribution in [2.75, 3.05) is 5.73 Å². The molecule has 1 heterocycles. The molecule has 0 bridgehead atoms. The molecule has 0 atom stereocenters. The van der Waals surface area contributed by atoms with Crippen molar-refractivity contribution in [1.82, 2.24) is 9.97 Å². The van der Waals surface area contributed by atoms with Crippen LogP contribution in [0.3, 0.4) is 0 Å². The standard InChI is InChI=1S/C12H11FN4O3/c1-7-10(17(18)19)11(16-12(14)15-7)20-6-8-4-2-3-5-9(8)13/h2-5H,6H2,1H3,(H2,14,15,16). The SMILES string of the molecule is Cc1nc(N)nc(OCc2ccccc2F)c1[N+](=O)[O-]. The van der Waals surface area contributed by atoms with E-state index in [4.69, 9.17) is 10.5 Å². The van der Waals surface area contributed by atoms with Crippen LogP contribution in [0.25, 0.3) is 0 Å². The Labute approximate surface area is 113 Å². The smallest absolute Gasteiger partial charge is 0.352 e. The van der Waals surface area contributed by atoms with Crippen molar-refractivity contribution >= 4 is 11.6 Å². The van der Waals surface area contributed by atoms with Crippen LogP contribution in [-0.2, 0) is 6.61 Å². The second kappa shape index (κ2) is 5.47. The number of halogens is 1. The quantitative estimate of drug-likeness (QED) is 0.677. The number of hydrogen-bond acceptors (Lipinski definition) is 6. The van der Waals surface area contributed by atoms with Gasteiger partial charge in [-0.05, 0) is 13.0 Å². The number of nitrogens with zero attached hydrogens (tertiary/aromatic N) is 3. The van der Waals surface area contributed by atoms with Crippen LogP contribution < -0.4 is 10.5 Å². The lowest BCUT2D eigenvalue weighted by molar-refractivity contribution is -0.387. The first-order valence-corrected chi connectivity index (χ1v) is 5.63. The zero-order valence-corrected chi connectivity index (χ0v) is 10.5. The highest BCUT2D eigenvalue weighted by atomic mass is 19.1. The number of ether oxygens (including phenoxy) is 1. The van der Waals surface area contributed by atoms with E-state index < -0.39 is 10.7 Å². The Morgan fingerprint density at radius 2 is 2.10 bits per heavy atom. The molecule has 0 spiro atoms. The van der Waals surface area contributed by atoms with Crippen LogP contribution >= 0.6 is 0 Å². The fraction of sp³-hybridized carbons (Fsp3) is 0.167. The molecule has 104 valence electrons. The van der Waals surface area contributed by atoms with Crippen molar-refractivity contribution in [3.8, 4) is 5.88 Å². The molecular formula is C12H11FN4O3. The fourth-order valence-corrected chi connectivity index (χ4v) is 1.63. The summed E-state index contributed by atoms with van der Waals surface area (Å²) in [5.74, 6) is -0.881. The van der Waals surface area contributed by atoms with E-state index in [1.165, 1.54) is 25.1 Å². The third-order valence-electron chi connectivity index (χ3n) is 2.55. The van der Waals surface area contributed by atoms with Gasteiger partial charge in [0.1, 0.15) is 18.1 Å². The maximum atomic E-state index is 13.4. The third kappa shape index (κ3) is 2.79. The zero-order valence-electron chi connectivity index (χ0n) is 10.5. The molecule has 2 N–H and O–H groups in total. The van der Waals surface area contributed by atoms with E-state index in [9.17, 15) is 14.5 Å². The summed E-state index contributed by atoms with van der Waals surface area (Å²) >= 11 is 0. The summed E-state index contributed by atoms with van der Waals surface area (Å²) in [5, 5.41) is 11.0. The third-order valence-corrected chi connectivity index (χ3v) is 2.55. The predicted octanol–water partition coefficient (Wildman–Crippen LogP) is 1.99. The Morgan fingerprint density at radius 1 is 1.40 bits per heavy atom. The Morgan fingerprint density at radius 3 is 2.75 bits per heavy atom. The van der Waals surface area contributed by atoms with Gasteiger partial charge in [-0.15, -0.1) is 0 Å². The first kappa shape index (κ1) is 13.7. The van der Waals surface area contributed by atoms with E-state index in [0.717, 1.165) is 0 Å². The number of aryl methyl sites for hydroxylation is 1. The summed E-state index contributed by atoms with van der Waals surface area (Å²) in [6.45, 7) is 1.23. The van der Waals surface area contributed by atoms with Gasteiger partial charge < -0.3 is 10.5 Å². The first-order valence-electron chi connectivity index (χ1n) is 5.63. The molecule has 0 saturated heterocycles. The molecule has 2 rings (SSSR count). The highest BCUT2D eigenvalue weighted by Crippen LogP contribution is 2.28. The molecule has 0 aliphatic carbocycles. The van der Waals surface area contributed by atoms with Crippen molar-refractivity contribution in [2.45, 2.75) is 13.5 Å². The van der Waals surface area contributed by atoms with E-state index in [1.54, 1.807) is 6.07 Å². The number of nitrogen functional groups attached to an aromatic ring is 1. The Balaban J connectivity index is 2.30. The van der Waals surface area contributed by atoms with Gasteiger partial charge in [0.15, 0.2) is 0 Å². The lowest BCUT2D eigenvalue weighted by atomic mass is 10.2. The largest absolute Gasteiger partial charge is 0.468 e. The average Bonchev–Trinajstić information content (AvgIpc) is 2.36. The zero-order chi connectivity index (χ0) is 14.7. The number of rotatable bonds is 4. The number of nitrogens with two attached hydrogens (primary N) is 1. The van der Waals surface area contributed by atoms with Crippen molar-refractivity contribution < 1.29 is 14.1 Å². The second-order valence-electron chi connectivity index (χ2n) is 3.96. The Hall–Kier alpha value is -2.77. The van der Waals surface area contributed by atoms with Crippen molar-refractivity contribution in [3.05, 3.63) is 51.5 Å². The average molecular weight is 278 g/mol. The lowest BCUT2D eigenvalue weighted by Crippen LogP contribution is -2.07. The summed E-state index contributed by atoms with van der Waals surface area (Å²) < 4.78 is 18.7. The van der Waals surface area contributed by atoms with E-state index >= 15 is 0 Å². The molecule has 0 aliphatic heterocycles. The van der Waals surface area contributed by atoms with Crippen LogP contribution in [-0.4, -0.2) is 14.9 Å². The Bertz CT molecular complexity index is 663. The Kier molecular flexibility index (Phi) is 3.74. The van der Waals surface area contributed by atoms with Gasteiger partial charge in [-0.25, -0.2) is 9.37 Å². The van der Waals surface area contributed by atoms with Gasteiger partial charge in [-0.2, -0.15) is 4.98 Å². The maximum Gasteiger partial charge on any atom is 0.352 e. The normalized spacial score (nSPS) is 10.3. The molecule has 1 aromatic carbocycles. The fourth-order valence-electron chi connectivity index (χ4n) is 1.63. The molecular weight excluding hydrogens is 267 g/mol. The van der Waals surface area contributed by atoms with Crippen LogP contribution in [0.15, 0.2) is 24.3 Å². The van der Waals surface area contributed by atoms with Crippen LogP contribution in [0.2, 0.25) is 0 Å². The minimum Gasteiger partial charge on any atom is -0.468 e. The predicted molar refractivity (Wildman–Crippen MR) is 68.6 cm³/mol. The van der Waals surface area contributed by atoms with Crippen LogP contribution in [0, 0.1) is 22.9 Å². The van der Waals surface area contributed by atoms with E-state index in [1.807, 2.05) is 0 Å². The molecule has 8 heteroatoms. The number of anilines is 1. The highest BCUT2D eigenvalue weighted by Gasteiger charge is 2.23. The minimum absolute atomic E-state index is 0.0889. The summed E-state index contributed by atoms with van der Waals surface area (Å²) in [6, 6.07) is 5.95. The maximum absolute atomic E-state index is 13.4. The van der Waals surface area contributed by atoms with Gasteiger partial charge in [0.25, 0.3) is 5.88 Å². The number of hydrogen-bond donors (Lipinski definition) is 1. The summed E-state index contributed by atoms with van der Waals surface area (Å²) in [6.07, 6.45) is 0. The first-order chi connectivity index (χ1) is 9.49. The lowest BCUT2D eigenvalue weighted by Gasteiger charge is -2.08. The molecule has 2 aromatic rings. The molecule has 0 unspecified atom stereocenters. The second-order valence-corrected chi connectivity index (χ2v) is 3.96. The van der Waals surface area contributed by atoms with Gasteiger partial charge in [0, 0.05) is 5.56 Å². The minimum atomic E-state index is -0.661. The van der Waals surface area contributed by atoms with Gasteiger partial charge in [0.05, 0.1) is 4.92 Å². The molecule has 0 fully saturated rings. The molecule has 0 amide bonds. The van der Waals surface area contributed by atoms with Gasteiger partial charge in [-0.3, -0.25) is 10.1 Å². The van der Waals surface area contributed by atoms with Gasteiger partial charge in [0.2, 0.25) is 5.95 Å². The molecule has 0 aliphatic rings. The van der Waals surface area contributed by atoms with Crippen molar-refractivity contribution in [2.24, 2.45) is 0 Å².